The number of nitrogens with one attached hydrogen (secondary N) is 1. The molecule has 1 atom stereocenters. The van der Waals surface area contributed by atoms with E-state index in [-0.39, 0.29) is 40.0 Å². The van der Waals surface area contributed by atoms with Crippen molar-refractivity contribution in [3.63, 3.8) is 0 Å². The molecule has 3 aliphatic rings. The zero-order chi connectivity index (χ0) is 31.1. The van der Waals surface area contributed by atoms with Gasteiger partial charge in [0.15, 0.2) is 0 Å². The molecule has 0 bridgehead atoms. The van der Waals surface area contributed by atoms with Crippen molar-refractivity contribution < 1.29 is 18.6 Å². The zero-order valence-electron chi connectivity index (χ0n) is 25.6. The number of alkyl halides is 1. The largest absolute Gasteiger partial charge is 0.508 e. The highest BCUT2D eigenvalue weighted by atomic mass is 19.1. The Labute approximate surface area is 261 Å². The summed E-state index contributed by atoms with van der Waals surface area (Å²) in [6.07, 6.45) is 13.0. The lowest BCUT2D eigenvalue weighted by Gasteiger charge is -2.34. The number of phenols is 1. The average Bonchev–Trinajstić information content (AvgIpc) is 3.63. The Hall–Kier alpha value is -4.07. The molecular weight excluding hydrogens is 574 g/mol. The van der Waals surface area contributed by atoms with Crippen LogP contribution in [0.4, 0.5) is 14.6 Å². The molecule has 4 aromatic rings. The highest BCUT2D eigenvalue weighted by Gasteiger charge is 2.45. The third kappa shape index (κ3) is 5.64. The van der Waals surface area contributed by atoms with Gasteiger partial charge in [-0.1, -0.05) is 18.9 Å². The quantitative estimate of drug-likeness (QED) is 0.237. The highest BCUT2D eigenvalue weighted by Crippen LogP contribution is 2.47. The lowest BCUT2D eigenvalue weighted by atomic mass is 9.94. The van der Waals surface area contributed by atoms with Crippen LogP contribution in [-0.2, 0) is 6.67 Å². The fourth-order valence-corrected chi connectivity index (χ4v) is 6.97. The fraction of sp³-hybridized carbons (Fsp3) is 0.457. The number of benzene rings is 2. The molecule has 1 saturated carbocycles. The number of terminal acetylenes is 1. The first-order valence-electron chi connectivity index (χ1n) is 15.9. The van der Waals surface area contributed by atoms with E-state index in [4.69, 9.17) is 26.1 Å². The Morgan fingerprint density at radius 3 is 2.73 bits per heavy atom. The zero-order valence-corrected chi connectivity index (χ0v) is 25.6. The minimum Gasteiger partial charge on any atom is -0.508 e. The van der Waals surface area contributed by atoms with Crippen molar-refractivity contribution in [2.24, 2.45) is 5.41 Å². The Morgan fingerprint density at radius 1 is 1.18 bits per heavy atom. The van der Waals surface area contributed by atoms with E-state index in [1.807, 2.05) is 0 Å². The van der Waals surface area contributed by atoms with Crippen molar-refractivity contribution in [2.45, 2.75) is 51.7 Å². The van der Waals surface area contributed by atoms with E-state index in [1.54, 1.807) is 12.3 Å². The predicted molar refractivity (Wildman–Crippen MR) is 172 cm³/mol. The second-order valence-corrected chi connectivity index (χ2v) is 12.7. The van der Waals surface area contributed by atoms with Crippen molar-refractivity contribution in [1.29, 1.82) is 0 Å². The molecule has 1 unspecified atom stereocenters. The first kappa shape index (κ1) is 29.6. The van der Waals surface area contributed by atoms with Gasteiger partial charge in [-0.05, 0) is 68.8 Å². The first-order chi connectivity index (χ1) is 21.9. The van der Waals surface area contributed by atoms with Crippen molar-refractivity contribution in [1.82, 2.24) is 25.2 Å². The molecule has 7 rings (SSSR count). The average molecular weight is 613 g/mol. The van der Waals surface area contributed by atoms with Gasteiger partial charge in [0.2, 0.25) is 0 Å². The van der Waals surface area contributed by atoms with Crippen molar-refractivity contribution >= 4 is 27.5 Å². The van der Waals surface area contributed by atoms with Crippen LogP contribution >= 0.6 is 0 Å². The van der Waals surface area contributed by atoms with Gasteiger partial charge in [-0.2, -0.15) is 9.97 Å². The summed E-state index contributed by atoms with van der Waals surface area (Å²) in [7, 11) is 0. The molecule has 1 aliphatic carbocycles. The number of anilines is 1. The normalized spacial score (nSPS) is 19.7. The molecule has 3 fully saturated rings. The number of rotatable bonds is 9. The molecule has 2 aromatic carbocycles. The van der Waals surface area contributed by atoms with Gasteiger partial charge in [-0.15, -0.1) is 6.42 Å². The van der Waals surface area contributed by atoms with E-state index in [9.17, 15) is 9.50 Å². The second-order valence-electron chi connectivity index (χ2n) is 12.7. The monoisotopic (exact) mass is 612 g/mol. The van der Waals surface area contributed by atoms with Gasteiger partial charge in [0, 0.05) is 60.3 Å². The molecule has 234 valence electrons. The van der Waals surface area contributed by atoms with Crippen LogP contribution in [0, 0.1) is 23.6 Å². The van der Waals surface area contributed by atoms with Crippen LogP contribution in [0.1, 0.15) is 50.2 Å². The number of likely N-dealkylation sites (tertiary alicyclic amines) is 1. The molecule has 0 radical (unpaired) electrons. The van der Waals surface area contributed by atoms with Gasteiger partial charge in [0.05, 0.1) is 28.8 Å². The van der Waals surface area contributed by atoms with Crippen LogP contribution in [-0.4, -0.2) is 76.9 Å². The number of aromatic nitrogens is 3. The summed E-state index contributed by atoms with van der Waals surface area (Å²) in [5, 5.41) is 15.7. The molecule has 8 nitrogen and oxygen atoms in total. The topological polar surface area (TPSA) is 86.6 Å². The molecule has 2 aliphatic heterocycles. The number of aromatic hydroxyl groups is 1. The van der Waals surface area contributed by atoms with E-state index < -0.39 is 12.5 Å². The number of nitrogens with zero attached hydrogens (tertiary/aromatic N) is 5. The Bertz CT molecular complexity index is 1800. The van der Waals surface area contributed by atoms with E-state index in [1.165, 1.54) is 31.0 Å². The third-order valence-electron chi connectivity index (χ3n) is 9.65. The summed E-state index contributed by atoms with van der Waals surface area (Å²) in [6, 6.07) is 6.26. The van der Waals surface area contributed by atoms with Gasteiger partial charge >= 0.3 is 6.01 Å². The lowest BCUT2D eigenvalue weighted by molar-refractivity contribution is 0.170. The Kier molecular flexibility index (Phi) is 7.92. The van der Waals surface area contributed by atoms with Gasteiger partial charge in [0.25, 0.3) is 0 Å². The summed E-state index contributed by atoms with van der Waals surface area (Å²) >= 11 is 0. The van der Waals surface area contributed by atoms with Gasteiger partial charge in [-0.3, -0.25) is 4.98 Å². The molecule has 2 N–H and O–H groups in total. The molecule has 2 saturated heterocycles. The summed E-state index contributed by atoms with van der Waals surface area (Å²) in [5.41, 5.74) is 1.29. The number of hydrogen-bond acceptors (Lipinski definition) is 8. The number of ether oxygens (including phenoxy) is 1. The van der Waals surface area contributed by atoms with Gasteiger partial charge < -0.3 is 25.0 Å². The molecule has 0 spiro atoms. The van der Waals surface area contributed by atoms with Gasteiger partial charge in [0.1, 0.15) is 24.1 Å². The number of piperazine rings is 1. The third-order valence-corrected chi connectivity index (χ3v) is 9.65. The first-order valence-corrected chi connectivity index (χ1v) is 15.9. The van der Waals surface area contributed by atoms with E-state index in [0.29, 0.717) is 39.7 Å². The van der Waals surface area contributed by atoms with Crippen LogP contribution < -0.4 is 15.0 Å². The molecule has 45 heavy (non-hydrogen) atoms. The van der Waals surface area contributed by atoms with Crippen LogP contribution in [0.25, 0.3) is 32.9 Å². The van der Waals surface area contributed by atoms with E-state index in [0.717, 1.165) is 58.5 Å². The highest BCUT2D eigenvalue weighted by molar-refractivity contribution is 6.04. The molecule has 0 amide bonds. The minimum absolute atomic E-state index is 0.0285. The number of halogens is 2. The van der Waals surface area contributed by atoms with Crippen LogP contribution in [0.5, 0.6) is 11.8 Å². The van der Waals surface area contributed by atoms with Crippen molar-refractivity contribution in [3.05, 3.63) is 47.4 Å². The minimum atomic E-state index is -0.897. The Balaban J connectivity index is 1.36. The second kappa shape index (κ2) is 12.0. The maximum Gasteiger partial charge on any atom is 0.318 e. The Morgan fingerprint density at radius 2 is 2.00 bits per heavy atom. The standard InChI is InChI=1S/C35H38F2N6O2/c1-3-23-19-43(14-11-38-23)33-28-18-39-31(26-16-24(44)15-22-7-8-29(37)25(4-2)30(22)26)27(17-36)32(28)40-34(41-33)45-21-35(9-10-35)20-42-12-5-6-13-42/h2,7-8,15-16,18,23,38,44H,3,5-6,9-14,17,19-21H2,1H3. The number of pyridine rings is 1. The van der Waals surface area contributed by atoms with Crippen LogP contribution in [0.15, 0.2) is 30.5 Å². The lowest BCUT2D eigenvalue weighted by Crippen LogP contribution is -2.50. The number of hydrogen-bond donors (Lipinski definition) is 2. The molecule has 2 aromatic heterocycles. The smallest absolute Gasteiger partial charge is 0.318 e. The molecular formula is C35H38F2N6O2. The fourth-order valence-electron chi connectivity index (χ4n) is 6.97. The maximum absolute atomic E-state index is 15.3. The summed E-state index contributed by atoms with van der Waals surface area (Å²) < 4.78 is 36.5. The SMILES string of the molecule is C#Cc1c(F)ccc2cc(O)cc(-c3ncc4c(N5CCNC(CC)C5)nc(OCC5(CN6CCCC6)CC5)nc4c3CF)c12. The van der Waals surface area contributed by atoms with Crippen molar-refractivity contribution in [3.8, 4) is 35.4 Å². The summed E-state index contributed by atoms with van der Waals surface area (Å²) in [5.74, 6) is 2.45. The van der Waals surface area contributed by atoms with Crippen LogP contribution in [0.3, 0.4) is 0 Å². The molecule has 10 heteroatoms. The molecule has 4 heterocycles. The summed E-state index contributed by atoms with van der Waals surface area (Å²) in [6.45, 7) is 7.25. The summed E-state index contributed by atoms with van der Waals surface area (Å²) in [4.78, 5) is 19.1. The van der Waals surface area contributed by atoms with E-state index >= 15 is 4.39 Å². The number of fused-ring (bicyclic) bond motifs is 2. The van der Waals surface area contributed by atoms with E-state index in [2.05, 4.69) is 28.0 Å². The van der Waals surface area contributed by atoms with Gasteiger partial charge in [-0.25, -0.2) is 8.78 Å². The maximum atomic E-state index is 15.3. The van der Waals surface area contributed by atoms with Crippen molar-refractivity contribution in [2.75, 3.05) is 50.8 Å². The number of phenolic OH excluding ortho intramolecular Hbond substituents is 1. The van der Waals surface area contributed by atoms with Crippen LogP contribution in [0.2, 0.25) is 0 Å². The predicted octanol–water partition coefficient (Wildman–Crippen LogP) is 5.58.